The Morgan fingerprint density at radius 1 is 1.47 bits per heavy atom. The first-order valence-corrected chi connectivity index (χ1v) is 6.18. The number of morpholine rings is 1. The maximum atomic E-state index is 12.4. The highest BCUT2D eigenvalue weighted by Crippen LogP contribution is 2.29. The smallest absolute Gasteiger partial charge is 0.261 e. The van der Waals surface area contributed by atoms with E-state index in [1.807, 2.05) is 6.92 Å². The van der Waals surface area contributed by atoms with Gasteiger partial charge in [0.2, 0.25) is 0 Å². The third-order valence-corrected chi connectivity index (χ3v) is 3.26. The van der Waals surface area contributed by atoms with Crippen molar-refractivity contribution >= 4 is 5.91 Å². The maximum Gasteiger partial charge on any atom is 0.261 e. The molecule has 4 N–H and O–H groups in total. The number of rotatable bonds is 2. The van der Waals surface area contributed by atoms with E-state index in [1.54, 1.807) is 4.90 Å². The lowest BCUT2D eigenvalue weighted by Crippen LogP contribution is -2.52. The van der Waals surface area contributed by atoms with E-state index in [0.717, 1.165) is 0 Å². The Balaban J connectivity index is 2.27. The van der Waals surface area contributed by atoms with Crippen LogP contribution in [-0.4, -0.2) is 52.9 Å². The van der Waals surface area contributed by atoms with Crippen LogP contribution in [0, 0.1) is 0 Å². The molecule has 104 valence electrons. The van der Waals surface area contributed by atoms with E-state index in [4.69, 9.17) is 10.5 Å². The van der Waals surface area contributed by atoms with Crippen molar-refractivity contribution in [1.82, 2.24) is 4.90 Å². The molecule has 1 heterocycles. The van der Waals surface area contributed by atoms with Gasteiger partial charge in [-0.2, -0.15) is 0 Å². The number of phenols is 2. The zero-order chi connectivity index (χ0) is 14.0. The molecule has 0 spiro atoms. The second-order valence-electron chi connectivity index (χ2n) is 4.67. The minimum Gasteiger partial charge on any atom is -0.507 e. The number of aromatic hydroxyl groups is 2. The van der Waals surface area contributed by atoms with Crippen LogP contribution in [0.15, 0.2) is 18.2 Å². The number of hydrogen-bond acceptors (Lipinski definition) is 5. The van der Waals surface area contributed by atoms with Crippen molar-refractivity contribution < 1.29 is 19.7 Å². The van der Waals surface area contributed by atoms with Crippen molar-refractivity contribution in [3.8, 4) is 11.5 Å². The van der Waals surface area contributed by atoms with Gasteiger partial charge in [-0.1, -0.05) is 6.07 Å². The molecule has 0 radical (unpaired) electrons. The van der Waals surface area contributed by atoms with E-state index in [9.17, 15) is 15.0 Å². The van der Waals surface area contributed by atoms with Crippen LogP contribution in [0.2, 0.25) is 0 Å². The van der Waals surface area contributed by atoms with Crippen LogP contribution in [-0.2, 0) is 4.74 Å². The quantitative estimate of drug-likeness (QED) is 0.715. The van der Waals surface area contributed by atoms with E-state index < -0.39 is 5.91 Å². The fourth-order valence-corrected chi connectivity index (χ4v) is 2.13. The third-order valence-electron chi connectivity index (χ3n) is 3.26. The summed E-state index contributed by atoms with van der Waals surface area (Å²) in [7, 11) is 0. The minimum atomic E-state index is -0.412. The molecule has 6 nitrogen and oxygen atoms in total. The molecule has 0 saturated carbocycles. The number of nitrogens with two attached hydrogens (primary N) is 1. The summed E-state index contributed by atoms with van der Waals surface area (Å²) >= 11 is 0. The van der Waals surface area contributed by atoms with Gasteiger partial charge in [0.05, 0.1) is 18.8 Å². The number of hydrogen-bond donors (Lipinski definition) is 3. The van der Waals surface area contributed by atoms with Gasteiger partial charge in [-0.05, 0) is 19.1 Å². The van der Waals surface area contributed by atoms with Crippen LogP contribution in [0.3, 0.4) is 0 Å². The number of nitrogens with zero attached hydrogens (tertiary/aromatic N) is 1. The highest BCUT2D eigenvalue weighted by Gasteiger charge is 2.32. The van der Waals surface area contributed by atoms with E-state index in [-0.39, 0.29) is 29.2 Å². The van der Waals surface area contributed by atoms with Gasteiger partial charge in [0, 0.05) is 13.1 Å². The van der Waals surface area contributed by atoms with E-state index >= 15 is 0 Å². The molecule has 0 aliphatic carbocycles. The van der Waals surface area contributed by atoms with E-state index in [2.05, 4.69) is 0 Å². The Morgan fingerprint density at radius 3 is 2.68 bits per heavy atom. The largest absolute Gasteiger partial charge is 0.507 e. The number of carbonyl (C=O) groups excluding carboxylic acids is 1. The summed E-state index contributed by atoms with van der Waals surface area (Å²) in [6.45, 7) is 2.91. The van der Waals surface area contributed by atoms with Crippen LogP contribution >= 0.6 is 0 Å². The van der Waals surface area contributed by atoms with Gasteiger partial charge in [-0.25, -0.2) is 0 Å². The Morgan fingerprint density at radius 2 is 2.11 bits per heavy atom. The molecule has 2 rings (SSSR count). The molecule has 6 heteroatoms. The molecule has 1 aromatic carbocycles. The molecule has 0 aromatic heterocycles. The summed E-state index contributed by atoms with van der Waals surface area (Å²) in [4.78, 5) is 14.0. The van der Waals surface area contributed by atoms with Crippen LogP contribution in [0.1, 0.15) is 17.3 Å². The van der Waals surface area contributed by atoms with Gasteiger partial charge >= 0.3 is 0 Å². The van der Waals surface area contributed by atoms with Gasteiger partial charge in [-0.15, -0.1) is 0 Å². The normalized spacial score (nSPS) is 23.4. The van der Waals surface area contributed by atoms with Crippen LogP contribution in [0.4, 0.5) is 0 Å². The molecule has 19 heavy (non-hydrogen) atoms. The van der Waals surface area contributed by atoms with E-state index in [1.165, 1.54) is 18.2 Å². The molecule has 1 aliphatic heterocycles. The van der Waals surface area contributed by atoms with Gasteiger partial charge in [0.25, 0.3) is 5.91 Å². The lowest BCUT2D eigenvalue weighted by molar-refractivity contribution is -0.0427. The van der Waals surface area contributed by atoms with E-state index in [0.29, 0.717) is 19.7 Å². The van der Waals surface area contributed by atoms with Crippen LogP contribution in [0.5, 0.6) is 11.5 Å². The lowest BCUT2D eigenvalue weighted by Gasteiger charge is -2.37. The van der Waals surface area contributed by atoms with Crippen molar-refractivity contribution in [2.24, 2.45) is 5.73 Å². The zero-order valence-corrected chi connectivity index (χ0v) is 10.7. The first kappa shape index (κ1) is 13.6. The first-order chi connectivity index (χ1) is 9.04. The Kier molecular flexibility index (Phi) is 3.92. The van der Waals surface area contributed by atoms with Crippen LogP contribution < -0.4 is 5.73 Å². The van der Waals surface area contributed by atoms with Crippen molar-refractivity contribution in [2.45, 2.75) is 19.1 Å². The average Bonchev–Trinajstić information content (AvgIpc) is 2.39. The number of ether oxygens (including phenoxy) is 1. The molecule has 1 aromatic rings. The van der Waals surface area contributed by atoms with Crippen molar-refractivity contribution in [3.63, 3.8) is 0 Å². The summed E-state index contributed by atoms with van der Waals surface area (Å²) in [5.41, 5.74) is 5.47. The highest BCUT2D eigenvalue weighted by atomic mass is 16.5. The van der Waals surface area contributed by atoms with Crippen LogP contribution in [0.25, 0.3) is 0 Å². The predicted molar refractivity (Wildman–Crippen MR) is 69.1 cm³/mol. The van der Waals surface area contributed by atoms with Gasteiger partial charge in [0.1, 0.15) is 17.1 Å². The summed E-state index contributed by atoms with van der Waals surface area (Å²) in [6, 6.07) is 4.10. The molecular formula is C13H18N2O4. The Hall–Kier alpha value is -1.79. The molecule has 2 atom stereocenters. The average molecular weight is 266 g/mol. The number of carbonyl (C=O) groups is 1. The standard InChI is InChI=1S/C13H18N2O4/c1-8-7-19-9(5-14)6-15(8)13(18)12-10(16)3-2-4-11(12)17/h2-4,8-9,16-17H,5-7,14H2,1H3. The predicted octanol–water partition coefficient (Wildman–Crippen LogP) is 0.286. The van der Waals surface area contributed by atoms with Gasteiger partial charge < -0.3 is 25.6 Å². The molecule has 1 aliphatic rings. The van der Waals surface area contributed by atoms with Gasteiger partial charge in [0.15, 0.2) is 0 Å². The molecule has 1 saturated heterocycles. The topological polar surface area (TPSA) is 96.0 Å². The molecule has 1 fully saturated rings. The fourth-order valence-electron chi connectivity index (χ4n) is 2.13. The monoisotopic (exact) mass is 266 g/mol. The van der Waals surface area contributed by atoms with Crippen molar-refractivity contribution in [2.75, 3.05) is 19.7 Å². The number of benzene rings is 1. The minimum absolute atomic E-state index is 0.0768. The summed E-state index contributed by atoms with van der Waals surface area (Å²) in [6.07, 6.45) is -0.215. The highest BCUT2D eigenvalue weighted by molar-refractivity contribution is 5.99. The Bertz CT molecular complexity index is 457. The molecular weight excluding hydrogens is 248 g/mol. The molecule has 0 bridgehead atoms. The number of phenolic OH excluding ortho intramolecular Hbond substituents is 2. The van der Waals surface area contributed by atoms with Crippen molar-refractivity contribution in [3.05, 3.63) is 23.8 Å². The second kappa shape index (κ2) is 5.46. The van der Waals surface area contributed by atoms with Gasteiger partial charge in [-0.3, -0.25) is 4.79 Å². The zero-order valence-electron chi connectivity index (χ0n) is 10.7. The maximum absolute atomic E-state index is 12.4. The van der Waals surface area contributed by atoms with Crippen molar-refractivity contribution in [1.29, 1.82) is 0 Å². The number of amides is 1. The summed E-state index contributed by atoms with van der Waals surface area (Å²) in [5.74, 6) is -0.870. The molecule has 1 amide bonds. The SMILES string of the molecule is CC1COC(CN)CN1C(=O)c1c(O)cccc1O. The fraction of sp³-hybridized carbons (Fsp3) is 0.462. The molecule has 2 unspecified atom stereocenters. The first-order valence-electron chi connectivity index (χ1n) is 6.18. The lowest BCUT2D eigenvalue weighted by atomic mass is 10.1. The third kappa shape index (κ3) is 2.64. The summed E-state index contributed by atoms with van der Waals surface area (Å²) < 4.78 is 5.47. The summed E-state index contributed by atoms with van der Waals surface area (Å²) in [5, 5.41) is 19.5. The Labute approximate surface area is 111 Å². The second-order valence-corrected chi connectivity index (χ2v) is 4.67.